The standard InChI is InChI=1S/C17H17N3O3/c1-2-15-18-6-10-7-20(8-12(10)19-15)17(22)11-9-23-14-5-3-4-13(21)16(11)14/h6,9H,2-5,7-8H2,1H3. The van der Waals surface area contributed by atoms with Crippen LogP contribution in [0.25, 0.3) is 0 Å². The van der Waals surface area contributed by atoms with Crippen LogP contribution in [0.4, 0.5) is 0 Å². The van der Waals surface area contributed by atoms with Crippen molar-refractivity contribution in [2.24, 2.45) is 0 Å². The second-order valence-corrected chi connectivity index (χ2v) is 6.00. The Labute approximate surface area is 133 Å². The number of ketones is 1. The van der Waals surface area contributed by atoms with Gasteiger partial charge in [-0.25, -0.2) is 9.97 Å². The number of aryl methyl sites for hydroxylation is 2. The number of hydrogen-bond acceptors (Lipinski definition) is 5. The van der Waals surface area contributed by atoms with E-state index in [1.54, 1.807) is 11.1 Å². The molecule has 118 valence electrons. The molecular weight excluding hydrogens is 294 g/mol. The smallest absolute Gasteiger partial charge is 0.258 e. The summed E-state index contributed by atoms with van der Waals surface area (Å²) in [6.07, 6.45) is 5.99. The van der Waals surface area contributed by atoms with Crippen LogP contribution in [0.1, 0.15) is 63.3 Å². The summed E-state index contributed by atoms with van der Waals surface area (Å²) in [4.78, 5) is 35.4. The third-order valence-corrected chi connectivity index (χ3v) is 4.49. The van der Waals surface area contributed by atoms with Crippen LogP contribution in [0.3, 0.4) is 0 Å². The molecule has 0 atom stereocenters. The van der Waals surface area contributed by atoms with Gasteiger partial charge in [0.05, 0.1) is 23.4 Å². The summed E-state index contributed by atoms with van der Waals surface area (Å²) in [5, 5.41) is 0. The minimum Gasteiger partial charge on any atom is -0.468 e. The molecule has 2 aromatic heterocycles. The first-order valence-corrected chi connectivity index (χ1v) is 7.94. The molecule has 3 heterocycles. The van der Waals surface area contributed by atoms with Crippen LogP contribution < -0.4 is 0 Å². The molecule has 2 aliphatic rings. The van der Waals surface area contributed by atoms with E-state index in [-0.39, 0.29) is 11.7 Å². The van der Waals surface area contributed by atoms with Crippen molar-refractivity contribution in [3.63, 3.8) is 0 Å². The van der Waals surface area contributed by atoms with Crippen molar-refractivity contribution in [2.75, 3.05) is 0 Å². The number of rotatable bonds is 2. The molecule has 0 radical (unpaired) electrons. The number of carbonyl (C=O) groups excluding carboxylic acids is 2. The first kappa shape index (κ1) is 14.1. The monoisotopic (exact) mass is 311 g/mol. The molecule has 0 bridgehead atoms. The first-order valence-electron chi connectivity index (χ1n) is 7.94. The van der Waals surface area contributed by atoms with Crippen LogP contribution in [-0.4, -0.2) is 26.6 Å². The molecule has 0 N–H and O–H groups in total. The van der Waals surface area contributed by atoms with Gasteiger partial charge in [0.2, 0.25) is 0 Å². The topological polar surface area (TPSA) is 76.3 Å². The Hall–Kier alpha value is -2.50. The van der Waals surface area contributed by atoms with E-state index in [4.69, 9.17) is 4.42 Å². The number of Topliss-reactive ketones (excluding diaryl/α,β-unsaturated/α-hetero) is 1. The fourth-order valence-corrected chi connectivity index (χ4v) is 3.26. The fourth-order valence-electron chi connectivity index (χ4n) is 3.26. The Balaban J connectivity index is 1.62. The van der Waals surface area contributed by atoms with Gasteiger partial charge in [0.15, 0.2) is 5.78 Å². The molecule has 0 saturated heterocycles. The zero-order valence-electron chi connectivity index (χ0n) is 13.0. The summed E-state index contributed by atoms with van der Waals surface area (Å²) in [5.41, 5.74) is 2.74. The van der Waals surface area contributed by atoms with Crippen LogP contribution in [0, 0.1) is 0 Å². The Morgan fingerprint density at radius 2 is 2.22 bits per heavy atom. The van der Waals surface area contributed by atoms with E-state index in [0.717, 1.165) is 36.3 Å². The van der Waals surface area contributed by atoms with Gasteiger partial charge in [-0.1, -0.05) is 6.92 Å². The lowest BCUT2D eigenvalue weighted by Crippen LogP contribution is -2.27. The normalized spacial score (nSPS) is 16.4. The number of hydrogen-bond donors (Lipinski definition) is 0. The zero-order valence-corrected chi connectivity index (χ0v) is 13.0. The van der Waals surface area contributed by atoms with Gasteiger partial charge in [0.25, 0.3) is 5.91 Å². The highest BCUT2D eigenvalue weighted by Gasteiger charge is 2.32. The van der Waals surface area contributed by atoms with Gasteiger partial charge >= 0.3 is 0 Å². The van der Waals surface area contributed by atoms with Gasteiger partial charge in [-0.3, -0.25) is 9.59 Å². The molecule has 0 aromatic carbocycles. The molecular formula is C17H17N3O3. The predicted molar refractivity (Wildman–Crippen MR) is 81.0 cm³/mol. The average molecular weight is 311 g/mol. The van der Waals surface area contributed by atoms with Crippen LogP contribution >= 0.6 is 0 Å². The summed E-state index contributed by atoms with van der Waals surface area (Å²) in [5.74, 6) is 1.28. The third kappa shape index (κ3) is 2.25. The maximum atomic E-state index is 12.8. The number of nitrogens with zero attached hydrogens (tertiary/aromatic N) is 3. The van der Waals surface area contributed by atoms with Gasteiger partial charge in [-0.05, 0) is 6.42 Å². The summed E-state index contributed by atoms with van der Waals surface area (Å²) < 4.78 is 5.46. The molecule has 6 heteroatoms. The Morgan fingerprint density at radius 3 is 3.04 bits per heavy atom. The molecule has 1 aliphatic heterocycles. The predicted octanol–water partition coefficient (Wildman–Crippen LogP) is 2.31. The molecule has 2 aromatic rings. The lowest BCUT2D eigenvalue weighted by Gasteiger charge is -2.16. The number of fused-ring (bicyclic) bond motifs is 2. The molecule has 23 heavy (non-hydrogen) atoms. The zero-order chi connectivity index (χ0) is 16.0. The van der Waals surface area contributed by atoms with Gasteiger partial charge in [-0.15, -0.1) is 0 Å². The molecule has 0 saturated carbocycles. The third-order valence-electron chi connectivity index (χ3n) is 4.49. The highest BCUT2D eigenvalue weighted by molar-refractivity contribution is 6.09. The molecule has 0 unspecified atom stereocenters. The largest absolute Gasteiger partial charge is 0.468 e. The van der Waals surface area contributed by atoms with Crippen molar-refractivity contribution in [1.82, 2.24) is 14.9 Å². The van der Waals surface area contributed by atoms with Gasteiger partial charge in [-0.2, -0.15) is 0 Å². The van der Waals surface area contributed by atoms with Crippen molar-refractivity contribution in [2.45, 2.75) is 45.7 Å². The second-order valence-electron chi connectivity index (χ2n) is 6.00. The van der Waals surface area contributed by atoms with Crippen molar-refractivity contribution < 1.29 is 14.0 Å². The van der Waals surface area contributed by atoms with E-state index >= 15 is 0 Å². The number of furan rings is 1. The van der Waals surface area contributed by atoms with Crippen LogP contribution in [0.15, 0.2) is 16.9 Å². The molecule has 1 aliphatic carbocycles. The van der Waals surface area contributed by atoms with E-state index in [1.165, 1.54) is 6.26 Å². The lowest BCUT2D eigenvalue weighted by molar-refractivity contribution is 0.0744. The number of carbonyl (C=O) groups is 2. The summed E-state index contributed by atoms with van der Waals surface area (Å²) in [6, 6.07) is 0. The quantitative estimate of drug-likeness (QED) is 0.850. The first-order chi connectivity index (χ1) is 11.2. The maximum Gasteiger partial charge on any atom is 0.258 e. The Kier molecular flexibility index (Phi) is 3.25. The second kappa shape index (κ2) is 5.30. The van der Waals surface area contributed by atoms with Crippen LogP contribution in [0.2, 0.25) is 0 Å². The van der Waals surface area contributed by atoms with E-state index < -0.39 is 0 Å². The van der Waals surface area contributed by atoms with Crippen molar-refractivity contribution >= 4 is 11.7 Å². The molecule has 0 spiro atoms. The maximum absolute atomic E-state index is 12.8. The van der Waals surface area contributed by atoms with E-state index in [9.17, 15) is 9.59 Å². The van der Waals surface area contributed by atoms with Crippen LogP contribution in [-0.2, 0) is 25.9 Å². The molecule has 4 rings (SSSR count). The van der Waals surface area contributed by atoms with E-state index in [2.05, 4.69) is 9.97 Å². The molecule has 6 nitrogen and oxygen atoms in total. The average Bonchev–Trinajstić information content (AvgIpc) is 3.18. The lowest BCUT2D eigenvalue weighted by atomic mass is 9.94. The van der Waals surface area contributed by atoms with E-state index in [1.807, 2.05) is 6.92 Å². The summed E-state index contributed by atoms with van der Waals surface area (Å²) in [6.45, 7) is 2.94. The van der Waals surface area contributed by atoms with Crippen molar-refractivity contribution in [3.05, 3.63) is 46.4 Å². The van der Waals surface area contributed by atoms with Crippen molar-refractivity contribution in [3.8, 4) is 0 Å². The summed E-state index contributed by atoms with van der Waals surface area (Å²) in [7, 11) is 0. The Morgan fingerprint density at radius 1 is 1.35 bits per heavy atom. The van der Waals surface area contributed by atoms with Gasteiger partial charge < -0.3 is 9.32 Å². The highest BCUT2D eigenvalue weighted by Crippen LogP contribution is 2.29. The number of amides is 1. The van der Waals surface area contributed by atoms with Gasteiger partial charge in [0.1, 0.15) is 17.8 Å². The SMILES string of the molecule is CCc1ncc2c(n1)CN(C(=O)c1coc3c1C(=O)CCC3)C2. The summed E-state index contributed by atoms with van der Waals surface area (Å²) >= 11 is 0. The minimum atomic E-state index is -0.165. The fraction of sp³-hybridized carbons (Fsp3) is 0.412. The molecule has 0 fully saturated rings. The van der Waals surface area contributed by atoms with Crippen LogP contribution in [0.5, 0.6) is 0 Å². The van der Waals surface area contributed by atoms with E-state index in [0.29, 0.717) is 36.4 Å². The Bertz CT molecular complexity index is 809. The van der Waals surface area contributed by atoms with Crippen molar-refractivity contribution in [1.29, 1.82) is 0 Å². The number of aromatic nitrogens is 2. The van der Waals surface area contributed by atoms with Gasteiger partial charge in [0, 0.05) is 37.6 Å². The molecule has 1 amide bonds. The minimum absolute atomic E-state index is 0.00752. The highest BCUT2D eigenvalue weighted by atomic mass is 16.3.